The van der Waals surface area contributed by atoms with Crippen molar-refractivity contribution in [1.29, 1.82) is 0 Å². The SMILES string of the molecule is CCOc1ccc(OCCCC(=O)N(C)Cc2ccc(C(=O)O)cc2)cc1. The number of ether oxygens (including phenoxy) is 2. The third-order valence-electron chi connectivity index (χ3n) is 3.98. The zero-order valence-corrected chi connectivity index (χ0v) is 15.7. The van der Waals surface area contributed by atoms with Crippen molar-refractivity contribution >= 4 is 11.9 Å². The minimum absolute atomic E-state index is 0.0209. The topological polar surface area (TPSA) is 76.1 Å². The highest BCUT2D eigenvalue weighted by molar-refractivity contribution is 5.87. The first-order valence-corrected chi connectivity index (χ1v) is 8.91. The summed E-state index contributed by atoms with van der Waals surface area (Å²) in [5.41, 5.74) is 1.13. The van der Waals surface area contributed by atoms with Crippen molar-refractivity contribution in [3.05, 3.63) is 59.7 Å². The number of carboxylic acids is 1. The van der Waals surface area contributed by atoms with Gasteiger partial charge in [0.25, 0.3) is 0 Å². The maximum absolute atomic E-state index is 12.2. The monoisotopic (exact) mass is 371 g/mol. The molecule has 0 aliphatic carbocycles. The molecule has 0 saturated carbocycles. The highest BCUT2D eigenvalue weighted by Gasteiger charge is 2.10. The highest BCUT2D eigenvalue weighted by Crippen LogP contribution is 2.17. The summed E-state index contributed by atoms with van der Waals surface area (Å²) in [6, 6.07) is 13.9. The molecular weight excluding hydrogens is 346 g/mol. The van der Waals surface area contributed by atoms with Crippen molar-refractivity contribution in [3.8, 4) is 11.5 Å². The van der Waals surface area contributed by atoms with Gasteiger partial charge in [-0.3, -0.25) is 4.79 Å². The fourth-order valence-electron chi connectivity index (χ4n) is 2.52. The van der Waals surface area contributed by atoms with Crippen LogP contribution in [-0.4, -0.2) is 42.1 Å². The van der Waals surface area contributed by atoms with Gasteiger partial charge < -0.3 is 19.5 Å². The predicted molar refractivity (Wildman–Crippen MR) is 102 cm³/mol. The Hall–Kier alpha value is -3.02. The minimum Gasteiger partial charge on any atom is -0.494 e. The lowest BCUT2D eigenvalue weighted by molar-refractivity contribution is -0.130. The lowest BCUT2D eigenvalue weighted by Crippen LogP contribution is -2.26. The van der Waals surface area contributed by atoms with Crippen molar-refractivity contribution in [2.75, 3.05) is 20.3 Å². The zero-order valence-electron chi connectivity index (χ0n) is 15.7. The summed E-state index contributed by atoms with van der Waals surface area (Å²) < 4.78 is 11.0. The standard InChI is InChI=1S/C21H25NO5/c1-3-26-18-10-12-19(13-11-18)27-14-4-5-20(23)22(2)15-16-6-8-17(9-7-16)21(24)25/h6-13H,3-5,14-15H2,1-2H3,(H,24,25). The number of benzene rings is 2. The van der Waals surface area contributed by atoms with Crippen molar-refractivity contribution in [2.45, 2.75) is 26.3 Å². The van der Waals surface area contributed by atoms with E-state index in [0.717, 1.165) is 17.1 Å². The Morgan fingerprint density at radius 2 is 1.56 bits per heavy atom. The van der Waals surface area contributed by atoms with Gasteiger partial charge in [-0.2, -0.15) is 0 Å². The number of amides is 1. The van der Waals surface area contributed by atoms with Gasteiger partial charge in [-0.25, -0.2) is 4.79 Å². The largest absolute Gasteiger partial charge is 0.494 e. The lowest BCUT2D eigenvalue weighted by Gasteiger charge is -2.17. The van der Waals surface area contributed by atoms with Crippen LogP contribution in [0.5, 0.6) is 11.5 Å². The molecule has 0 radical (unpaired) electrons. The summed E-state index contributed by atoms with van der Waals surface area (Å²) in [5, 5.41) is 8.90. The van der Waals surface area contributed by atoms with Gasteiger partial charge in [0.1, 0.15) is 11.5 Å². The van der Waals surface area contributed by atoms with E-state index in [1.54, 1.807) is 36.2 Å². The third kappa shape index (κ3) is 6.66. The Morgan fingerprint density at radius 3 is 2.11 bits per heavy atom. The van der Waals surface area contributed by atoms with Crippen molar-refractivity contribution in [1.82, 2.24) is 4.90 Å². The quantitative estimate of drug-likeness (QED) is 0.646. The van der Waals surface area contributed by atoms with E-state index in [4.69, 9.17) is 14.6 Å². The van der Waals surface area contributed by atoms with Gasteiger partial charge in [0, 0.05) is 20.0 Å². The fourth-order valence-corrected chi connectivity index (χ4v) is 2.52. The zero-order chi connectivity index (χ0) is 19.6. The van der Waals surface area contributed by atoms with Crippen molar-refractivity contribution in [2.24, 2.45) is 0 Å². The van der Waals surface area contributed by atoms with Gasteiger partial charge in [-0.1, -0.05) is 12.1 Å². The molecule has 0 bridgehead atoms. The van der Waals surface area contributed by atoms with Gasteiger partial charge in [0.15, 0.2) is 0 Å². The Labute approximate surface area is 159 Å². The number of carbonyl (C=O) groups is 2. The Kier molecular flexibility index (Phi) is 7.67. The van der Waals surface area contributed by atoms with E-state index in [9.17, 15) is 9.59 Å². The molecule has 0 aliphatic rings. The van der Waals surface area contributed by atoms with E-state index in [-0.39, 0.29) is 11.5 Å². The van der Waals surface area contributed by atoms with E-state index in [1.807, 2.05) is 31.2 Å². The molecule has 0 spiro atoms. The van der Waals surface area contributed by atoms with Crippen LogP contribution in [-0.2, 0) is 11.3 Å². The molecule has 0 aliphatic heterocycles. The molecule has 0 atom stereocenters. The number of nitrogens with zero attached hydrogens (tertiary/aromatic N) is 1. The molecule has 0 aromatic heterocycles. The van der Waals surface area contributed by atoms with Crippen LogP contribution in [0.15, 0.2) is 48.5 Å². The number of hydrogen-bond acceptors (Lipinski definition) is 4. The van der Waals surface area contributed by atoms with Crippen LogP contribution in [0.4, 0.5) is 0 Å². The molecule has 0 saturated heterocycles. The second-order valence-electron chi connectivity index (χ2n) is 6.11. The van der Waals surface area contributed by atoms with Crippen molar-refractivity contribution in [3.63, 3.8) is 0 Å². The van der Waals surface area contributed by atoms with Crippen LogP contribution in [0.2, 0.25) is 0 Å². The number of carboxylic acid groups (broad SMARTS) is 1. The average Bonchev–Trinajstić information content (AvgIpc) is 2.67. The Balaban J connectivity index is 1.70. The minimum atomic E-state index is -0.960. The summed E-state index contributed by atoms with van der Waals surface area (Å²) in [5.74, 6) is 0.613. The molecule has 6 heteroatoms. The van der Waals surface area contributed by atoms with Crippen LogP contribution < -0.4 is 9.47 Å². The normalized spacial score (nSPS) is 10.3. The van der Waals surface area contributed by atoms with Crippen LogP contribution in [0.25, 0.3) is 0 Å². The summed E-state index contributed by atoms with van der Waals surface area (Å²) >= 11 is 0. The van der Waals surface area contributed by atoms with Gasteiger partial charge in [-0.15, -0.1) is 0 Å². The number of carbonyl (C=O) groups excluding carboxylic acids is 1. The average molecular weight is 371 g/mol. The summed E-state index contributed by atoms with van der Waals surface area (Å²) in [4.78, 5) is 24.7. The van der Waals surface area contributed by atoms with E-state index in [0.29, 0.717) is 32.6 Å². The first kappa shape index (κ1) is 20.3. The Morgan fingerprint density at radius 1 is 0.963 bits per heavy atom. The molecule has 2 rings (SSSR count). The van der Waals surface area contributed by atoms with E-state index in [2.05, 4.69) is 0 Å². The highest BCUT2D eigenvalue weighted by atomic mass is 16.5. The first-order chi connectivity index (χ1) is 13.0. The molecule has 6 nitrogen and oxygen atoms in total. The lowest BCUT2D eigenvalue weighted by atomic mass is 10.1. The molecule has 0 unspecified atom stereocenters. The van der Waals surface area contributed by atoms with Gasteiger partial charge in [0.05, 0.1) is 18.8 Å². The first-order valence-electron chi connectivity index (χ1n) is 8.91. The van der Waals surface area contributed by atoms with Gasteiger partial charge in [0.2, 0.25) is 5.91 Å². The predicted octanol–water partition coefficient (Wildman–Crippen LogP) is 3.60. The maximum atomic E-state index is 12.2. The fraction of sp³-hybridized carbons (Fsp3) is 0.333. The molecular formula is C21H25NO5. The molecule has 27 heavy (non-hydrogen) atoms. The smallest absolute Gasteiger partial charge is 0.335 e. The van der Waals surface area contributed by atoms with E-state index < -0.39 is 5.97 Å². The number of rotatable bonds is 10. The second-order valence-corrected chi connectivity index (χ2v) is 6.11. The van der Waals surface area contributed by atoms with Gasteiger partial charge in [-0.05, 0) is 55.3 Å². The van der Waals surface area contributed by atoms with Crippen molar-refractivity contribution < 1.29 is 24.2 Å². The molecule has 2 aromatic carbocycles. The molecule has 2 aromatic rings. The van der Waals surface area contributed by atoms with Crippen LogP contribution >= 0.6 is 0 Å². The summed E-state index contributed by atoms with van der Waals surface area (Å²) in [6.45, 7) is 3.46. The number of hydrogen-bond donors (Lipinski definition) is 1. The molecule has 0 heterocycles. The van der Waals surface area contributed by atoms with Crippen LogP contribution in [0.1, 0.15) is 35.7 Å². The Bertz CT molecular complexity index is 740. The summed E-state index contributed by atoms with van der Waals surface area (Å²) in [7, 11) is 1.74. The second kappa shape index (κ2) is 10.2. The summed E-state index contributed by atoms with van der Waals surface area (Å²) in [6.07, 6.45) is 1.01. The van der Waals surface area contributed by atoms with Gasteiger partial charge >= 0.3 is 5.97 Å². The molecule has 0 fully saturated rings. The molecule has 144 valence electrons. The van der Waals surface area contributed by atoms with E-state index >= 15 is 0 Å². The van der Waals surface area contributed by atoms with Crippen LogP contribution in [0.3, 0.4) is 0 Å². The van der Waals surface area contributed by atoms with Crippen LogP contribution in [0, 0.1) is 0 Å². The molecule has 1 amide bonds. The maximum Gasteiger partial charge on any atom is 0.335 e. The third-order valence-corrected chi connectivity index (χ3v) is 3.98. The van der Waals surface area contributed by atoms with E-state index in [1.165, 1.54) is 0 Å². The number of aromatic carboxylic acids is 1. The molecule has 1 N–H and O–H groups in total.